The van der Waals surface area contributed by atoms with Crippen LogP contribution in [0.1, 0.15) is 219 Å². The SMILES string of the molecule is CCCCCCN(CCCCCCCCCCN(CCCCCC)C(=O)CCCCCCCCC1COC(=O)O1)C(=O)CCCCCCCCC1COC(=O)O1. The molecule has 0 bridgehead atoms. The fraction of sp³-hybridized carbons (Fsp3) is 0.913. The predicted octanol–water partition coefficient (Wildman–Crippen LogP) is 12.2. The second kappa shape index (κ2) is 34.5. The second-order valence-electron chi connectivity index (χ2n) is 16.6. The van der Waals surface area contributed by atoms with E-state index in [1.54, 1.807) is 0 Å². The first kappa shape index (κ1) is 49.6. The van der Waals surface area contributed by atoms with Crippen LogP contribution in [0.15, 0.2) is 0 Å². The van der Waals surface area contributed by atoms with E-state index in [1.165, 1.54) is 77.0 Å². The highest BCUT2D eigenvalue weighted by Crippen LogP contribution is 2.18. The van der Waals surface area contributed by atoms with E-state index in [0.29, 0.717) is 37.9 Å². The molecular weight excluding hydrogens is 709 g/mol. The molecule has 0 aromatic carbocycles. The quantitative estimate of drug-likeness (QED) is 0.0447. The van der Waals surface area contributed by atoms with Gasteiger partial charge in [0.1, 0.15) is 25.4 Å². The summed E-state index contributed by atoms with van der Waals surface area (Å²) in [5, 5.41) is 0. The van der Waals surface area contributed by atoms with Crippen molar-refractivity contribution in [2.45, 2.75) is 232 Å². The Morgan fingerprint density at radius 2 is 0.714 bits per heavy atom. The maximum absolute atomic E-state index is 13.1. The number of cyclic esters (lactones) is 4. The molecule has 326 valence electrons. The number of carbonyl (C=O) groups excluding carboxylic acids is 4. The van der Waals surface area contributed by atoms with E-state index in [1.807, 2.05) is 0 Å². The van der Waals surface area contributed by atoms with Crippen LogP contribution in [0.4, 0.5) is 9.59 Å². The third-order valence-corrected chi connectivity index (χ3v) is 11.5. The summed E-state index contributed by atoms with van der Waals surface area (Å²) in [5.41, 5.74) is 0. The number of rotatable bonds is 39. The molecule has 0 spiro atoms. The van der Waals surface area contributed by atoms with Crippen LogP contribution in [0.25, 0.3) is 0 Å². The summed E-state index contributed by atoms with van der Waals surface area (Å²) in [6, 6.07) is 0. The molecule has 10 heteroatoms. The Morgan fingerprint density at radius 3 is 1.02 bits per heavy atom. The van der Waals surface area contributed by atoms with Gasteiger partial charge < -0.3 is 28.7 Å². The molecule has 0 saturated carbocycles. The molecule has 0 aromatic rings. The van der Waals surface area contributed by atoms with Crippen LogP contribution < -0.4 is 0 Å². The number of ether oxygens (including phenoxy) is 4. The molecule has 56 heavy (non-hydrogen) atoms. The van der Waals surface area contributed by atoms with Crippen LogP contribution in [0.2, 0.25) is 0 Å². The Labute approximate surface area is 342 Å². The molecule has 2 aliphatic rings. The topological polar surface area (TPSA) is 112 Å². The zero-order valence-corrected chi connectivity index (χ0v) is 36.2. The molecule has 2 amide bonds. The van der Waals surface area contributed by atoms with Crippen LogP contribution >= 0.6 is 0 Å². The molecule has 2 heterocycles. The number of nitrogens with zero attached hydrogens (tertiary/aromatic N) is 2. The summed E-state index contributed by atoms with van der Waals surface area (Å²) < 4.78 is 19.9. The largest absolute Gasteiger partial charge is 0.508 e. The number of hydrogen-bond acceptors (Lipinski definition) is 8. The molecular formula is C46H84N2O8. The van der Waals surface area contributed by atoms with Crippen molar-refractivity contribution in [3.8, 4) is 0 Å². The number of amides is 2. The van der Waals surface area contributed by atoms with E-state index in [-0.39, 0.29) is 12.2 Å². The van der Waals surface area contributed by atoms with Crippen molar-refractivity contribution in [2.24, 2.45) is 0 Å². The van der Waals surface area contributed by atoms with Crippen LogP contribution in [0.3, 0.4) is 0 Å². The van der Waals surface area contributed by atoms with Gasteiger partial charge in [-0.1, -0.05) is 142 Å². The lowest BCUT2D eigenvalue weighted by atomic mass is 10.1. The number of hydrogen-bond donors (Lipinski definition) is 0. The lowest BCUT2D eigenvalue weighted by molar-refractivity contribution is -0.132. The monoisotopic (exact) mass is 793 g/mol. The smallest absolute Gasteiger partial charge is 0.430 e. The third kappa shape index (κ3) is 26.4. The van der Waals surface area contributed by atoms with Crippen molar-refractivity contribution < 1.29 is 38.1 Å². The fourth-order valence-corrected chi connectivity index (χ4v) is 7.89. The van der Waals surface area contributed by atoms with Gasteiger partial charge in [0.2, 0.25) is 11.8 Å². The van der Waals surface area contributed by atoms with Gasteiger partial charge in [-0.25, -0.2) is 9.59 Å². The molecule has 0 radical (unpaired) electrons. The van der Waals surface area contributed by atoms with Crippen LogP contribution in [0.5, 0.6) is 0 Å². The lowest BCUT2D eigenvalue weighted by Gasteiger charge is -2.23. The Hall–Kier alpha value is -2.52. The number of unbranched alkanes of at least 4 members (excludes halogenated alkanes) is 23. The first-order chi connectivity index (χ1) is 27.4. The molecule has 10 nitrogen and oxygen atoms in total. The van der Waals surface area contributed by atoms with Gasteiger partial charge in [0.05, 0.1) is 0 Å². The summed E-state index contributed by atoms with van der Waals surface area (Å²) >= 11 is 0. The zero-order chi connectivity index (χ0) is 40.3. The predicted molar refractivity (Wildman–Crippen MR) is 225 cm³/mol. The van der Waals surface area contributed by atoms with Gasteiger partial charge in [-0.3, -0.25) is 9.59 Å². The van der Waals surface area contributed by atoms with E-state index in [4.69, 9.17) is 18.9 Å². The zero-order valence-electron chi connectivity index (χ0n) is 36.2. The molecule has 2 atom stereocenters. The minimum absolute atomic E-state index is 0.0658. The molecule has 2 aliphatic heterocycles. The van der Waals surface area contributed by atoms with Crippen molar-refractivity contribution >= 4 is 24.1 Å². The van der Waals surface area contributed by atoms with Gasteiger partial charge in [0.25, 0.3) is 0 Å². The third-order valence-electron chi connectivity index (χ3n) is 11.5. The van der Waals surface area contributed by atoms with Gasteiger partial charge in [0.15, 0.2) is 0 Å². The maximum atomic E-state index is 13.1. The highest BCUT2D eigenvalue weighted by atomic mass is 16.8. The standard InChI is InChI=1S/C46H84N2O8/c1-3-5-7-27-35-47(43(49)33-25-19-13-11-17-23-31-41-39-53-45(51)55-41)37-29-21-15-9-10-16-22-30-38-48(36-28-8-6-4-2)44(50)34-26-20-14-12-18-24-32-42-40-54-46(52)56-42/h41-42H,3-40H2,1-2H3. The van der Waals surface area contributed by atoms with Crippen LogP contribution in [-0.4, -0.2) is 85.5 Å². The summed E-state index contributed by atoms with van der Waals surface area (Å²) in [4.78, 5) is 52.7. The minimum Gasteiger partial charge on any atom is -0.430 e. The Balaban J connectivity index is 1.51. The van der Waals surface area contributed by atoms with Crippen LogP contribution in [0, 0.1) is 0 Å². The van der Waals surface area contributed by atoms with Crippen molar-refractivity contribution in [3.63, 3.8) is 0 Å². The van der Waals surface area contributed by atoms with Crippen molar-refractivity contribution in [2.75, 3.05) is 39.4 Å². The Bertz CT molecular complexity index is 932. The van der Waals surface area contributed by atoms with Crippen molar-refractivity contribution in [1.82, 2.24) is 9.80 Å². The fourth-order valence-electron chi connectivity index (χ4n) is 7.89. The molecule has 2 saturated heterocycles. The summed E-state index contributed by atoms with van der Waals surface area (Å²) in [7, 11) is 0. The van der Waals surface area contributed by atoms with Gasteiger partial charge in [-0.05, 0) is 64.2 Å². The summed E-state index contributed by atoms with van der Waals surface area (Å²) in [6.45, 7) is 8.88. The molecule has 2 fully saturated rings. The molecule has 2 rings (SSSR count). The molecule has 0 aromatic heterocycles. The first-order valence-corrected chi connectivity index (χ1v) is 23.6. The first-order valence-electron chi connectivity index (χ1n) is 23.6. The Morgan fingerprint density at radius 1 is 0.429 bits per heavy atom. The van der Waals surface area contributed by atoms with Crippen molar-refractivity contribution in [3.05, 3.63) is 0 Å². The maximum Gasteiger partial charge on any atom is 0.508 e. The minimum atomic E-state index is -0.533. The van der Waals surface area contributed by atoms with Crippen molar-refractivity contribution in [1.29, 1.82) is 0 Å². The highest BCUT2D eigenvalue weighted by molar-refractivity contribution is 5.76. The average Bonchev–Trinajstić information content (AvgIpc) is 3.82. The average molecular weight is 793 g/mol. The van der Waals surface area contributed by atoms with E-state index in [9.17, 15) is 19.2 Å². The van der Waals surface area contributed by atoms with Gasteiger partial charge in [-0.15, -0.1) is 0 Å². The van der Waals surface area contributed by atoms with Gasteiger partial charge >= 0.3 is 12.3 Å². The van der Waals surface area contributed by atoms with Gasteiger partial charge in [0, 0.05) is 39.0 Å². The summed E-state index contributed by atoms with van der Waals surface area (Å²) in [5.74, 6) is 0.688. The number of carbonyl (C=O) groups is 4. The summed E-state index contributed by atoms with van der Waals surface area (Å²) in [6.07, 6.45) is 34.2. The molecule has 0 N–H and O–H groups in total. The van der Waals surface area contributed by atoms with E-state index >= 15 is 0 Å². The van der Waals surface area contributed by atoms with Crippen LogP contribution in [-0.2, 0) is 28.5 Å². The Kier molecular flexibility index (Phi) is 30.6. The van der Waals surface area contributed by atoms with E-state index in [0.717, 1.165) is 142 Å². The van der Waals surface area contributed by atoms with E-state index < -0.39 is 12.3 Å². The lowest BCUT2D eigenvalue weighted by Crippen LogP contribution is -2.32. The normalized spacial score (nSPS) is 16.4. The second-order valence-corrected chi connectivity index (χ2v) is 16.6. The molecule has 0 aliphatic carbocycles. The molecule has 2 unspecified atom stereocenters. The highest BCUT2D eigenvalue weighted by Gasteiger charge is 2.25. The van der Waals surface area contributed by atoms with E-state index in [2.05, 4.69) is 23.6 Å². The van der Waals surface area contributed by atoms with Gasteiger partial charge in [-0.2, -0.15) is 0 Å².